The van der Waals surface area contributed by atoms with Crippen molar-refractivity contribution in [2.75, 3.05) is 19.0 Å². The lowest BCUT2D eigenvalue weighted by Gasteiger charge is -2.27. The molecular formula is C17H29IN4O3. The molecule has 0 fully saturated rings. The second kappa shape index (κ2) is 9.69. The number of nitrogens with two attached hydrogens (primary N) is 1. The van der Waals surface area contributed by atoms with E-state index in [1.807, 2.05) is 58.9 Å². The molecule has 0 aliphatic rings. The standard InChI is InChI=1S/C17H28N4O3.HI/c1-16(2,3)24-15(22)21-17(4,5)11-19-14(18)20-12-9-7-8-10-13(12)23-6;/h7-10H,11H2,1-6H3,(H,21,22)(H3,18,19,20);1H. The van der Waals surface area contributed by atoms with E-state index in [0.29, 0.717) is 12.3 Å². The molecule has 0 spiro atoms. The lowest BCUT2D eigenvalue weighted by Crippen LogP contribution is -2.48. The molecule has 0 aliphatic carbocycles. The van der Waals surface area contributed by atoms with Crippen molar-refractivity contribution in [1.29, 1.82) is 0 Å². The van der Waals surface area contributed by atoms with E-state index in [9.17, 15) is 4.79 Å². The Kier molecular flexibility index (Phi) is 9.03. The molecule has 0 bridgehead atoms. The number of guanidine groups is 1. The van der Waals surface area contributed by atoms with Gasteiger partial charge in [0, 0.05) is 0 Å². The number of methoxy groups -OCH3 is 1. The Bertz CT molecular complexity index is 598. The van der Waals surface area contributed by atoms with Gasteiger partial charge in [-0.05, 0) is 46.8 Å². The lowest BCUT2D eigenvalue weighted by molar-refractivity contribution is 0.0476. The second-order valence-electron chi connectivity index (χ2n) is 7.04. The van der Waals surface area contributed by atoms with Crippen LogP contribution in [0, 0.1) is 0 Å². The molecule has 4 N–H and O–H groups in total. The molecule has 0 atom stereocenters. The van der Waals surface area contributed by atoms with E-state index < -0.39 is 17.2 Å². The minimum Gasteiger partial charge on any atom is -0.495 e. The first-order valence-electron chi connectivity index (χ1n) is 7.73. The van der Waals surface area contributed by atoms with Gasteiger partial charge in [-0.1, -0.05) is 12.1 Å². The summed E-state index contributed by atoms with van der Waals surface area (Å²) in [7, 11) is 1.59. The number of aliphatic imine (C=N–C) groups is 1. The first-order valence-corrected chi connectivity index (χ1v) is 7.73. The number of hydrogen-bond donors (Lipinski definition) is 3. The van der Waals surface area contributed by atoms with Crippen LogP contribution in [0.15, 0.2) is 29.3 Å². The Labute approximate surface area is 166 Å². The second-order valence-corrected chi connectivity index (χ2v) is 7.04. The van der Waals surface area contributed by atoms with Gasteiger partial charge < -0.3 is 25.8 Å². The highest BCUT2D eigenvalue weighted by atomic mass is 127. The summed E-state index contributed by atoms with van der Waals surface area (Å²) in [6, 6.07) is 7.40. The van der Waals surface area contributed by atoms with Crippen LogP contribution in [-0.2, 0) is 4.74 Å². The summed E-state index contributed by atoms with van der Waals surface area (Å²) in [5.74, 6) is 0.903. The molecule has 25 heavy (non-hydrogen) atoms. The Morgan fingerprint density at radius 1 is 1.20 bits per heavy atom. The minimum atomic E-state index is -0.602. The van der Waals surface area contributed by atoms with E-state index in [0.717, 1.165) is 5.69 Å². The van der Waals surface area contributed by atoms with Crippen molar-refractivity contribution in [1.82, 2.24) is 5.32 Å². The van der Waals surface area contributed by atoms with E-state index in [4.69, 9.17) is 15.2 Å². The summed E-state index contributed by atoms with van der Waals surface area (Å²) >= 11 is 0. The highest BCUT2D eigenvalue weighted by molar-refractivity contribution is 14.0. The number of para-hydroxylation sites is 2. The fraction of sp³-hybridized carbons (Fsp3) is 0.529. The summed E-state index contributed by atoms with van der Waals surface area (Å²) in [5.41, 5.74) is 5.48. The molecule has 1 amide bonds. The van der Waals surface area contributed by atoms with Gasteiger partial charge in [-0.25, -0.2) is 4.79 Å². The maximum atomic E-state index is 11.8. The number of nitrogens with zero attached hydrogens (tertiary/aromatic N) is 1. The number of carbonyl (C=O) groups is 1. The molecule has 1 rings (SSSR count). The average Bonchev–Trinajstić information content (AvgIpc) is 2.43. The number of alkyl carbamates (subject to hydrolysis) is 1. The third-order valence-electron chi connectivity index (χ3n) is 2.85. The van der Waals surface area contributed by atoms with Crippen LogP contribution in [0.25, 0.3) is 0 Å². The zero-order valence-corrected chi connectivity index (χ0v) is 18.0. The Morgan fingerprint density at radius 3 is 2.36 bits per heavy atom. The predicted molar refractivity (Wildman–Crippen MR) is 112 cm³/mol. The summed E-state index contributed by atoms with van der Waals surface area (Å²) in [6.45, 7) is 9.42. The van der Waals surface area contributed by atoms with Gasteiger partial charge in [0.25, 0.3) is 0 Å². The van der Waals surface area contributed by atoms with Crippen molar-refractivity contribution in [3.8, 4) is 5.75 Å². The number of ether oxygens (including phenoxy) is 2. The summed E-state index contributed by atoms with van der Waals surface area (Å²) in [4.78, 5) is 16.1. The van der Waals surface area contributed by atoms with E-state index in [2.05, 4.69) is 15.6 Å². The molecule has 0 aromatic heterocycles. The number of halogens is 1. The normalized spacial score (nSPS) is 12.0. The fourth-order valence-electron chi connectivity index (χ4n) is 1.83. The number of carbonyl (C=O) groups excluding carboxylic acids is 1. The van der Waals surface area contributed by atoms with Gasteiger partial charge >= 0.3 is 6.09 Å². The van der Waals surface area contributed by atoms with E-state index in [1.54, 1.807) is 7.11 Å². The number of anilines is 1. The molecule has 7 nitrogen and oxygen atoms in total. The molecule has 0 saturated heterocycles. The summed E-state index contributed by atoms with van der Waals surface area (Å²) in [5, 5.41) is 5.76. The molecule has 1 aromatic rings. The maximum Gasteiger partial charge on any atom is 0.408 e. The first-order chi connectivity index (χ1) is 11.0. The fourth-order valence-corrected chi connectivity index (χ4v) is 1.83. The van der Waals surface area contributed by atoms with Crippen LogP contribution in [0.1, 0.15) is 34.6 Å². The van der Waals surface area contributed by atoms with E-state index in [-0.39, 0.29) is 29.9 Å². The molecule has 142 valence electrons. The Morgan fingerprint density at radius 2 is 1.80 bits per heavy atom. The van der Waals surface area contributed by atoms with Gasteiger partial charge in [0.1, 0.15) is 11.4 Å². The molecule has 0 unspecified atom stereocenters. The summed E-state index contributed by atoms with van der Waals surface area (Å²) in [6.07, 6.45) is -0.487. The first kappa shape index (κ1) is 23.3. The van der Waals surface area contributed by atoms with E-state index in [1.165, 1.54) is 0 Å². The van der Waals surface area contributed by atoms with Crippen molar-refractivity contribution < 1.29 is 14.3 Å². The third-order valence-corrected chi connectivity index (χ3v) is 2.85. The van der Waals surface area contributed by atoms with Gasteiger partial charge in [-0.3, -0.25) is 4.99 Å². The van der Waals surface area contributed by atoms with Gasteiger partial charge in [0.15, 0.2) is 5.96 Å². The van der Waals surface area contributed by atoms with Crippen molar-refractivity contribution in [3.63, 3.8) is 0 Å². The summed E-state index contributed by atoms with van der Waals surface area (Å²) < 4.78 is 10.5. The van der Waals surface area contributed by atoms with Crippen molar-refractivity contribution in [3.05, 3.63) is 24.3 Å². The van der Waals surface area contributed by atoms with Gasteiger partial charge in [0.2, 0.25) is 0 Å². The highest BCUT2D eigenvalue weighted by Crippen LogP contribution is 2.22. The van der Waals surface area contributed by atoms with Gasteiger partial charge in [-0.15, -0.1) is 24.0 Å². The van der Waals surface area contributed by atoms with Crippen LogP contribution in [0.4, 0.5) is 10.5 Å². The minimum absolute atomic E-state index is 0. The Hall–Kier alpha value is -1.71. The van der Waals surface area contributed by atoms with Crippen molar-refractivity contribution in [2.45, 2.75) is 45.8 Å². The molecule has 0 saturated carbocycles. The van der Waals surface area contributed by atoms with Crippen LogP contribution >= 0.6 is 24.0 Å². The molecule has 1 aromatic carbocycles. The zero-order valence-electron chi connectivity index (χ0n) is 15.7. The van der Waals surface area contributed by atoms with Crippen molar-refractivity contribution in [2.24, 2.45) is 10.7 Å². The predicted octanol–water partition coefficient (Wildman–Crippen LogP) is 3.34. The van der Waals surface area contributed by atoms with Crippen molar-refractivity contribution >= 4 is 41.7 Å². The quantitative estimate of drug-likeness (QED) is 0.353. The number of hydrogen-bond acceptors (Lipinski definition) is 4. The zero-order chi connectivity index (χ0) is 18.4. The van der Waals surface area contributed by atoms with Gasteiger partial charge in [-0.2, -0.15) is 0 Å². The van der Waals surface area contributed by atoms with E-state index >= 15 is 0 Å². The number of benzene rings is 1. The SMILES string of the molecule is COc1ccccc1NC(N)=NCC(C)(C)NC(=O)OC(C)(C)C.I. The largest absolute Gasteiger partial charge is 0.495 e. The van der Waals surface area contributed by atoms with Crippen LogP contribution in [-0.4, -0.2) is 36.8 Å². The topological polar surface area (TPSA) is 98.0 Å². The van der Waals surface area contributed by atoms with Crippen LogP contribution in [0.5, 0.6) is 5.75 Å². The maximum absolute atomic E-state index is 11.8. The number of amides is 1. The van der Waals surface area contributed by atoms with Crippen LogP contribution < -0.4 is 21.1 Å². The third kappa shape index (κ3) is 9.37. The Balaban J connectivity index is 0.00000576. The number of nitrogens with one attached hydrogen (secondary N) is 2. The smallest absolute Gasteiger partial charge is 0.408 e. The molecule has 8 heteroatoms. The highest BCUT2D eigenvalue weighted by Gasteiger charge is 2.24. The molecule has 0 aliphatic heterocycles. The average molecular weight is 464 g/mol. The molecule has 0 heterocycles. The van der Waals surface area contributed by atoms with Crippen LogP contribution in [0.3, 0.4) is 0 Å². The number of rotatable bonds is 5. The molecule has 0 radical (unpaired) electrons. The molecular weight excluding hydrogens is 435 g/mol. The van der Waals surface area contributed by atoms with Gasteiger partial charge in [0.05, 0.1) is 24.9 Å². The van der Waals surface area contributed by atoms with Crippen LogP contribution in [0.2, 0.25) is 0 Å². The lowest BCUT2D eigenvalue weighted by atomic mass is 10.1. The monoisotopic (exact) mass is 464 g/mol.